The van der Waals surface area contributed by atoms with Gasteiger partial charge in [0.15, 0.2) is 23.3 Å². The number of benzene rings is 1. The molecule has 1 amide bonds. The predicted octanol–water partition coefficient (Wildman–Crippen LogP) is 3.16. The summed E-state index contributed by atoms with van der Waals surface area (Å²) in [7, 11) is 3.13. The van der Waals surface area contributed by atoms with Gasteiger partial charge >= 0.3 is 5.97 Å². The summed E-state index contributed by atoms with van der Waals surface area (Å²) in [4.78, 5) is 33.9. The maximum absolute atomic E-state index is 12.5. The number of aromatic nitrogens is 1. The van der Waals surface area contributed by atoms with Crippen molar-refractivity contribution in [3.63, 3.8) is 0 Å². The molecule has 0 atom stereocenters. The zero-order chi connectivity index (χ0) is 20.3. The van der Waals surface area contributed by atoms with Gasteiger partial charge in [-0.25, -0.2) is 9.78 Å². The number of ether oxygens (including phenoxy) is 2. The van der Waals surface area contributed by atoms with Crippen molar-refractivity contribution >= 4 is 51.4 Å². The molecule has 0 spiro atoms. The van der Waals surface area contributed by atoms with Gasteiger partial charge in [-0.15, -0.1) is 11.3 Å². The molecule has 10 heteroatoms. The van der Waals surface area contributed by atoms with Gasteiger partial charge in [-0.1, -0.05) is 6.07 Å². The first-order valence-corrected chi connectivity index (χ1v) is 9.78. The summed E-state index contributed by atoms with van der Waals surface area (Å²) in [6.45, 7) is 1.42. The molecule has 3 rings (SSSR count). The zero-order valence-electron chi connectivity index (χ0n) is 15.3. The molecule has 1 N–H and O–H groups in total. The van der Waals surface area contributed by atoms with Crippen LogP contribution in [0, 0.1) is 6.92 Å². The number of carboxylic acid groups (broad SMARTS) is 1. The summed E-state index contributed by atoms with van der Waals surface area (Å²) in [5, 5.41) is 11.8. The van der Waals surface area contributed by atoms with E-state index in [1.54, 1.807) is 31.3 Å². The average molecular weight is 419 g/mol. The van der Waals surface area contributed by atoms with Crippen LogP contribution in [0.1, 0.15) is 11.3 Å². The van der Waals surface area contributed by atoms with Crippen LogP contribution < -0.4 is 9.47 Å². The number of rotatable bonds is 6. The number of amides is 1. The summed E-state index contributed by atoms with van der Waals surface area (Å²) in [6, 6.07) is 5.01. The van der Waals surface area contributed by atoms with Crippen LogP contribution >= 0.6 is 23.1 Å². The Morgan fingerprint density at radius 1 is 1.39 bits per heavy atom. The number of amidine groups is 1. The van der Waals surface area contributed by atoms with Gasteiger partial charge in [0.1, 0.15) is 0 Å². The lowest BCUT2D eigenvalue weighted by molar-refractivity contribution is -0.139. The number of thiazole rings is 1. The van der Waals surface area contributed by atoms with E-state index in [-0.39, 0.29) is 5.91 Å². The Labute approximate surface area is 169 Å². The lowest BCUT2D eigenvalue weighted by atomic mass is 10.2. The number of hydrogen-bond donors (Lipinski definition) is 1. The number of aliphatic imine (C=N–C) groups is 1. The van der Waals surface area contributed by atoms with Crippen LogP contribution in [0.5, 0.6) is 11.5 Å². The predicted molar refractivity (Wildman–Crippen MR) is 108 cm³/mol. The molecule has 1 aliphatic heterocycles. The first kappa shape index (κ1) is 19.9. The molecule has 2 aromatic rings. The largest absolute Gasteiger partial charge is 0.493 e. The number of hydrogen-bond acceptors (Lipinski definition) is 8. The number of carboxylic acids is 1. The highest BCUT2D eigenvalue weighted by Crippen LogP contribution is 2.35. The molecule has 8 nitrogen and oxygen atoms in total. The Morgan fingerprint density at radius 3 is 2.82 bits per heavy atom. The Hall–Kier alpha value is -2.85. The molecule has 2 heterocycles. The molecule has 1 aromatic carbocycles. The summed E-state index contributed by atoms with van der Waals surface area (Å²) < 4.78 is 10.4. The van der Waals surface area contributed by atoms with Crippen LogP contribution in [0.3, 0.4) is 0 Å². The topological polar surface area (TPSA) is 101 Å². The molecule has 0 aliphatic carbocycles. The average Bonchev–Trinajstić information content (AvgIpc) is 3.19. The van der Waals surface area contributed by atoms with Gasteiger partial charge in [0.2, 0.25) is 5.13 Å². The molecule has 1 saturated heterocycles. The van der Waals surface area contributed by atoms with Crippen molar-refractivity contribution < 1.29 is 24.2 Å². The van der Waals surface area contributed by atoms with Gasteiger partial charge < -0.3 is 14.6 Å². The molecule has 1 aliphatic rings. The van der Waals surface area contributed by atoms with Crippen LogP contribution in [-0.4, -0.2) is 52.8 Å². The van der Waals surface area contributed by atoms with E-state index in [0.717, 1.165) is 11.3 Å². The highest BCUT2D eigenvalue weighted by molar-refractivity contribution is 8.18. The molecule has 1 fully saturated rings. The van der Waals surface area contributed by atoms with Crippen LogP contribution in [0.2, 0.25) is 0 Å². The number of thioether (sulfide) groups is 1. The van der Waals surface area contributed by atoms with Gasteiger partial charge in [-0.05, 0) is 42.5 Å². The van der Waals surface area contributed by atoms with E-state index < -0.39 is 12.6 Å². The van der Waals surface area contributed by atoms with Crippen LogP contribution in [0.15, 0.2) is 33.5 Å². The lowest BCUT2D eigenvalue weighted by Crippen LogP contribution is -2.23. The number of nitrogens with zero attached hydrogens (tertiary/aromatic N) is 3. The Morgan fingerprint density at radius 2 is 2.18 bits per heavy atom. The van der Waals surface area contributed by atoms with Gasteiger partial charge in [-0.3, -0.25) is 9.69 Å². The first-order valence-electron chi connectivity index (χ1n) is 8.08. The van der Waals surface area contributed by atoms with Crippen molar-refractivity contribution in [3.05, 3.63) is 39.7 Å². The number of carbonyl (C=O) groups is 2. The SMILES string of the molecule is COc1cc(/C=C2/S/C(=N/c3nc(C)cs3)N(C)C2=O)ccc1OCC(=O)O. The molecule has 1 aromatic heterocycles. The maximum Gasteiger partial charge on any atom is 0.341 e. The molecular formula is C18H17N3O5S2. The van der Waals surface area contributed by atoms with Gasteiger partial charge in [0.25, 0.3) is 5.91 Å². The fourth-order valence-corrected chi connectivity index (χ4v) is 4.00. The van der Waals surface area contributed by atoms with E-state index in [0.29, 0.717) is 26.7 Å². The second kappa shape index (κ2) is 8.44. The number of aryl methyl sites for hydroxylation is 1. The van der Waals surface area contributed by atoms with Gasteiger partial charge in [0, 0.05) is 12.4 Å². The highest BCUT2D eigenvalue weighted by Gasteiger charge is 2.30. The third-order valence-corrected chi connectivity index (χ3v) is 5.55. The third-order valence-electron chi connectivity index (χ3n) is 3.64. The molecular weight excluding hydrogens is 402 g/mol. The fourth-order valence-electron chi connectivity index (χ4n) is 2.31. The molecule has 0 radical (unpaired) electrons. The first-order chi connectivity index (χ1) is 13.4. The number of aliphatic carboxylic acids is 1. The maximum atomic E-state index is 12.5. The van der Waals surface area contributed by atoms with E-state index >= 15 is 0 Å². The second-order valence-corrected chi connectivity index (χ2v) is 7.58. The van der Waals surface area contributed by atoms with Crippen LogP contribution in [0.25, 0.3) is 6.08 Å². The van der Waals surface area contributed by atoms with E-state index in [4.69, 9.17) is 14.6 Å². The van der Waals surface area contributed by atoms with Crippen molar-refractivity contribution in [1.29, 1.82) is 0 Å². The monoisotopic (exact) mass is 419 g/mol. The summed E-state index contributed by atoms with van der Waals surface area (Å²) in [6.07, 6.45) is 1.72. The normalized spacial score (nSPS) is 16.8. The number of likely N-dealkylation sites (N-methyl/N-ethyl adjacent to an activating group) is 1. The van der Waals surface area contributed by atoms with Crippen LogP contribution in [0.4, 0.5) is 5.13 Å². The van der Waals surface area contributed by atoms with E-state index in [2.05, 4.69) is 9.98 Å². The van der Waals surface area contributed by atoms with Crippen molar-refractivity contribution in [2.24, 2.45) is 4.99 Å². The van der Waals surface area contributed by atoms with Crippen molar-refractivity contribution in [2.75, 3.05) is 20.8 Å². The van der Waals surface area contributed by atoms with E-state index in [9.17, 15) is 9.59 Å². The zero-order valence-corrected chi connectivity index (χ0v) is 17.0. The number of methoxy groups -OCH3 is 1. The minimum Gasteiger partial charge on any atom is -0.493 e. The quantitative estimate of drug-likeness (QED) is 0.718. The molecule has 0 unspecified atom stereocenters. The molecule has 28 heavy (non-hydrogen) atoms. The Balaban J connectivity index is 1.83. The van der Waals surface area contributed by atoms with E-state index in [1.165, 1.54) is 35.1 Å². The van der Waals surface area contributed by atoms with Crippen molar-refractivity contribution in [2.45, 2.75) is 6.92 Å². The van der Waals surface area contributed by atoms with Gasteiger partial charge in [-0.2, -0.15) is 4.99 Å². The summed E-state index contributed by atoms with van der Waals surface area (Å²) >= 11 is 2.68. The van der Waals surface area contributed by atoms with Crippen LogP contribution in [-0.2, 0) is 9.59 Å². The fraction of sp³-hybridized carbons (Fsp3) is 0.222. The highest BCUT2D eigenvalue weighted by atomic mass is 32.2. The number of carbonyl (C=O) groups excluding carboxylic acids is 1. The molecule has 0 bridgehead atoms. The minimum absolute atomic E-state index is 0.165. The smallest absolute Gasteiger partial charge is 0.341 e. The standard InChI is InChI=1S/C18H17N3O5S2/c1-10-9-27-17(19-10)20-18-21(2)16(24)14(28-18)7-11-4-5-12(13(6-11)25-3)26-8-15(22)23/h4-7,9H,8H2,1-3H3,(H,22,23)/b14-7+,20-18+. The minimum atomic E-state index is -1.08. The second-order valence-electron chi connectivity index (χ2n) is 5.73. The summed E-state index contributed by atoms with van der Waals surface area (Å²) in [5.74, 6) is -0.545. The Kier molecular flexibility index (Phi) is 6.00. The molecule has 146 valence electrons. The summed E-state index contributed by atoms with van der Waals surface area (Å²) in [5.41, 5.74) is 1.60. The molecule has 0 saturated carbocycles. The Bertz CT molecular complexity index is 983. The van der Waals surface area contributed by atoms with Gasteiger partial charge in [0.05, 0.1) is 17.7 Å². The van der Waals surface area contributed by atoms with Crippen molar-refractivity contribution in [3.8, 4) is 11.5 Å². The van der Waals surface area contributed by atoms with Crippen molar-refractivity contribution in [1.82, 2.24) is 9.88 Å². The van der Waals surface area contributed by atoms with E-state index in [1.807, 2.05) is 12.3 Å². The lowest BCUT2D eigenvalue weighted by Gasteiger charge is -2.09. The third kappa shape index (κ3) is 4.52.